The molecule has 5 heterocycles. The molecule has 0 saturated carbocycles. The number of halogens is 2. The van der Waals surface area contributed by atoms with Crippen molar-refractivity contribution < 1.29 is 24.5 Å². The van der Waals surface area contributed by atoms with Crippen LogP contribution < -0.4 is 20.9 Å². The number of hydrogen-bond donors (Lipinski definition) is 4. The number of carbonyl (C=O) groups excluding carboxylic acids is 1. The molecular weight excluding hydrogens is 707 g/mol. The highest BCUT2D eigenvalue weighted by Crippen LogP contribution is 2.42. The van der Waals surface area contributed by atoms with Crippen LogP contribution in [0, 0.1) is 0 Å². The van der Waals surface area contributed by atoms with Crippen molar-refractivity contribution in [2.24, 2.45) is 0 Å². The first-order chi connectivity index (χ1) is 25.1. The van der Waals surface area contributed by atoms with Gasteiger partial charge in [0.05, 0.1) is 34.5 Å². The van der Waals surface area contributed by atoms with Crippen LogP contribution in [-0.2, 0) is 22.7 Å². The molecule has 14 heteroatoms. The number of likely N-dealkylation sites (tertiary alicyclic amines) is 1. The number of carboxylic acid groups (broad SMARTS) is 1. The van der Waals surface area contributed by atoms with E-state index >= 15 is 0 Å². The first-order valence-corrected chi connectivity index (χ1v) is 17.6. The van der Waals surface area contributed by atoms with Gasteiger partial charge in [0.25, 0.3) is 5.56 Å². The number of pyridine rings is 2. The van der Waals surface area contributed by atoms with E-state index in [9.17, 15) is 24.6 Å². The van der Waals surface area contributed by atoms with E-state index in [0.29, 0.717) is 74.6 Å². The molecule has 52 heavy (non-hydrogen) atoms. The van der Waals surface area contributed by atoms with Crippen LogP contribution in [0.3, 0.4) is 0 Å². The molecular formula is C38H36Cl2N6O6. The van der Waals surface area contributed by atoms with E-state index in [1.807, 2.05) is 48.5 Å². The lowest BCUT2D eigenvalue weighted by atomic mass is 9.97. The fourth-order valence-electron chi connectivity index (χ4n) is 6.96. The number of methoxy groups -OCH3 is 1. The zero-order valence-corrected chi connectivity index (χ0v) is 29.7. The molecule has 7 rings (SSSR count). The number of fused-ring (bicyclic) bond motifs is 1. The van der Waals surface area contributed by atoms with Gasteiger partial charge < -0.3 is 25.6 Å². The van der Waals surface area contributed by atoms with Crippen LogP contribution in [0.15, 0.2) is 77.9 Å². The first kappa shape index (κ1) is 35.5. The van der Waals surface area contributed by atoms with Gasteiger partial charge >= 0.3 is 5.97 Å². The van der Waals surface area contributed by atoms with Gasteiger partial charge in [0, 0.05) is 85.3 Å². The van der Waals surface area contributed by atoms with Crippen LogP contribution >= 0.6 is 23.2 Å². The van der Waals surface area contributed by atoms with Crippen LogP contribution in [0.1, 0.15) is 30.4 Å². The maximum Gasteiger partial charge on any atom is 0.321 e. The van der Waals surface area contributed by atoms with Crippen molar-refractivity contribution >= 4 is 40.7 Å². The molecule has 3 aromatic heterocycles. The fraction of sp³-hybridized carbons (Fsp3) is 0.289. The number of aromatic nitrogens is 3. The second kappa shape index (κ2) is 15.0. The molecule has 2 aliphatic heterocycles. The van der Waals surface area contributed by atoms with Crippen LogP contribution in [0.2, 0.25) is 10.0 Å². The minimum absolute atomic E-state index is 0.0598. The van der Waals surface area contributed by atoms with Gasteiger partial charge in [0.15, 0.2) is 0 Å². The number of β-amino-alcohol motifs (C(OH)–C–C–N with tert-alkyl or cyclic N) is 1. The highest BCUT2D eigenvalue weighted by atomic mass is 35.5. The molecule has 2 saturated heterocycles. The highest BCUT2D eigenvalue weighted by Gasteiger charge is 2.36. The number of rotatable bonds is 11. The second-order valence-electron chi connectivity index (χ2n) is 13.0. The summed E-state index contributed by atoms with van der Waals surface area (Å²) in [4.78, 5) is 47.4. The maximum absolute atomic E-state index is 13.4. The first-order valence-electron chi connectivity index (χ1n) is 16.9. The van der Waals surface area contributed by atoms with Crippen molar-refractivity contribution in [3.05, 3.63) is 105 Å². The third-order valence-corrected chi connectivity index (χ3v) is 10.4. The number of nitrogens with zero attached hydrogens (tertiary/aromatic N) is 4. The minimum atomic E-state index is -1.04. The molecule has 2 aromatic carbocycles. The van der Waals surface area contributed by atoms with Crippen LogP contribution in [-0.4, -0.2) is 79.7 Å². The van der Waals surface area contributed by atoms with Crippen molar-refractivity contribution in [3.8, 4) is 39.4 Å². The Morgan fingerprint density at radius 1 is 1.02 bits per heavy atom. The van der Waals surface area contributed by atoms with Crippen LogP contribution in [0.5, 0.6) is 5.88 Å². The second-order valence-corrected chi connectivity index (χ2v) is 13.8. The highest BCUT2D eigenvalue weighted by molar-refractivity contribution is 6.39. The summed E-state index contributed by atoms with van der Waals surface area (Å²) in [5.41, 5.74) is 5.48. The van der Waals surface area contributed by atoms with Crippen molar-refractivity contribution in [1.82, 2.24) is 29.9 Å². The monoisotopic (exact) mass is 742 g/mol. The molecule has 2 aliphatic rings. The minimum Gasteiger partial charge on any atom is -0.481 e. The van der Waals surface area contributed by atoms with Gasteiger partial charge in [-0.1, -0.05) is 65.7 Å². The van der Waals surface area contributed by atoms with Gasteiger partial charge in [0.1, 0.15) is 11.7 Å². The zero-order valence-electron chi connectivity index (χ0n) is 28.2. The average molecular weight is 744 g/mol. The van der Waals surface area contributed by atoms with Gasteiger partial charge in [-0.15, -0.1) is 0 Å². The quantitative estimate of drug-likeness (QED) is 0.148. The van der Waals surface area contributed by atoms with E-state index in [-0.39, 0.29) is 37.0 Å². The molecule has 1 unspecified atom stereocenters. The third-order valence-electron chi connectivity index (χ3n) is 9.62. The Bertz CT molecular complexity index is 2250. The molecule has 1 amide bonds. The third kappa shape index (κ3) is 7.12. The van der Waals surface area contributed by atoms with E-state index in [0.717, 1.165) is 17.5 Å². The summed E-state index contributed by atoms with van der Waals surface area (Å²) < 4.78 is 7.05. The van der Waals surface area contributed by atoms with E-state index in [1.54, 1.807) is 30.3 Å². The number of aliphatic hydroxyl groups excluding tert-OH is 1. The SMILES string of the molecule is COc1nc(-c2cccc(-c3cccc(-c4ccn5c(=O)c(CN6CC(O)C[C@H]6C(=O)O)cnc5c4)c3Cl)c2Cl)ccc1CNC[C@@H]1CCC(=O)N1. The summed E-state index contributed by atoms with van der Waals surface area (Å²) in [6, 6.07) is 18.0. The van der Waals surface area contributed by atoms with Gasteiger partial charge in [-0.2, -0.15) is 0 Å². The van der Waals surface area contributed by atoms with Gasteiger partial charge in [0.2, 0.25) is 11.8 Å². The lowest BCUT2D eigenvalue weighted by Crippen LogP contribution is -2.37. The van der Waals surface area contributed by atoms with Gasteiger partial charge in [-0.3, -0.25) is 23.7 Å². The normalized spacial score (nSPS) is 18.9. The molecule has 5 aromatic rings. The number of aliphatic hydroxyl groups is 1. The Balaban J connectivity index is 1.14. The Labute approximate surface area is 309 Å². The number of hydrogen-bond acceptors (Lipinski definition) is 9. The predicted molar refractivity (Wildman–Crippen MR) is 197 cm³/mol. The lowest BCUT2D eigenvalue weighted by molar-refractivity contribution is -0.142. The van der Waals surface area contributed by atoms with Crippen molar-refractivity contribution in [1.29, 1.82) is 0 Å². The Hall–Kier alpha value is -4.85. The summed E-state index contributed by atoms with van der Waals surface area (Å²) in [6.45, 7) is 1.40. The zero-order chi connectivity index (χ0) is 36.5. The number of ether oxygens (including phenoxy) is 1. The maximum atomic E-state index is 13.4. The topological polar surface area (TPSA) is 158 Å². The summed E-state index contributed by atoms with van der Waals surface area (Å²) in [5, 5.41) is 26.8. The molecule has 3 atom stereocenters. The van der Waals surface area contributed by atoms with Crippen molar-refractivity contribution in [2.45, 2.75) is 50.5 Å². The fourth-order valence-corrected chi connectivity index (χ4v) is 7.62. The average Bonchev–Trinajstić information content (AvgIpc) is 3.73. The number of carboxylic acids is 1. The standard InChI is InChI=1S/C38H36Cl2N6O6/c1-52-36-22(16-41-18-24-9-11-33(48)43-24)8-10-30(44-36)29-7-3-6-28(35(29)40)27-5-2-4-26(34(27)39)21-12-13-46-32(14-21)42-17-23(37(46)49)19-45-20-25(47)15-31(45)38(50)51/h2-8,10,12-14,17,24-25,31,41,47H,9,11,15-16,18-20H2,1H3,(H,43,48)(H,50,51)/t24-,25?,31-/m0/s1. The predicted octanol–water partition coefficient (Wildman–Crippen LogP) is 4.79. The van der Waals surface area contributed by atoms with Crippen LogP contribution in [0.25, 0.3) is 39.2 Å². The van der Waals surface area contributed by atoms with Gasteiger partial charge in [-0.25, -0.2) is 9.97 Å². The molecule has 0 aliphatic carbocycles. The summed E-state index contributed by atoms with van der Waals surface area (Å²) in [6.07, 6.45) is 3.79. The number of aliphatic carboxylic acids is 1. The Morgan fingerprint density at radius 2 is 1.75 bits per heavy atom. The lowest BCUT2D eigenvalue weighted by Gasteiger charge is -2.20. The summed E-state index contributed by atoms with van der Waals surface area (Å²) in [7, 11) is 1.57. The van der Waals surface area contributed by atoms with Crippen molar-refractivity contribution in [2.75, 3.05) is 20.2 Å². The summed E-state index contributed by atoms with van der Waals surface area (Å²) in [5.74, 6) is -0.485. The number of benzene rings is 2. The molecule has 4 N–H and O–H groups in total. The Kier molecular flexibility index (Phi) is 10.3. The molecule has 2 fully saturated rings. The van der Waals surface area contributed by atoms with Crippen LogP contribution in [0.4, 0.5) is 0 Å². The molecule has 0 bridgehead atoms. The van der Waals surface area contributed by atoms with E-state index in [2.05, 4.69) is 15.6 Å². The molecule has 0 radical (unpaired) electrons. The smallest absolute Gasteiger partial charge is 0.321 e. The number of nitrogens with one attached hydrogen (secondary N) is 2. The van der Waals surface area contributed by atoms with E-state index in [1.165, 1.54) is 10.6 Å². The van der Waals surface area contributed by atoms with E-state index in [4.69, 9.17) is 32.9 Å². The Morgan fingerprint density at radius 3 is 2.46 bits per heavy atom. The van der Waals surface area contributed by atoms with Crippen molar-refractivity contribution in [3.63, 3.8) is 0 Å². The van der Waals surface area contributed by atoms with E-state index < -0.39 is 18.1 Å². The number of amides is 1. The molecule has 12 nitrogen and oxygen atoms in total. The molecule has 0 spiro atoms. The van der Waals surface area contributed by atoms with Gasteiger partial charge in [-0.05, 0) is 30.2 Å². The summed E-state index contributed by atoms with van der Waals surface area (Å²) >= 11 is 14.2. The molecule has 268 valence electrons. The largest absolute Gasteiger partial charge is 0.481 e. The number of carbonyl (C=O) groups is 2.